The molecule has 0 aliphatic rings. The lowest BCUT2D eigenvalue weighted by atomic mass is 9.99. The molecule has 0 aliphatic carbocycles. The zero-order chi connectivity index (χ0) is 13.9. The summed E-state index contributed by atoms with van der Waals surface area (Å²) < 4.78 is 0. The Morgan fingerprint density at radius 2 is 2.26 bits per heavy atom. The van der Waals surface area contributed by atoms with Crippen LogP contribution in [-0.4, -0.2) is 11.7 Å². The summed E-state index contributed by atoms with van der Waals surface area (Å²) in [6.07, 6.45) is 0. The maximum absolute atomic E-state index is 10.4. The number of anilines is 1. The highest BCUT2D eigenvalue weighted by atomic mass is 35.5. The van der Waals surface area contributed by atoms with Crippen LogP contribution in [0.15, 0.2) is 35.0 Å². The van der Waals surface area contributed by atoms with Crippen LogP contribution < -0.4 is 5.32 Å². The van der Waals surface area contributed by atoms with Gasteiger partial charge in [0.1, 0.15) is 11.7 Å². The molecule has 0 radical (unpaired) electrons. The average Bonchev–Trinajstić information content (AvgIpc) is 2.91. The lowest BCUT2D eigenvalue weighted by Crippen LogP contribution is -2.30. The maximum Gasteiger partial charge on any atom is 0.105 e. The van der Waals surface area contributed by atoms with E-state index >= 15 is 0 Å². The van der Waals surface area contributed by atoms with Gasteiger partial charge in [-0.15, -0.1) is 0 Å². The van der Waals surface area contributed by atoms with E-state index in [1.54, 1.807) is 25.1 Å². The van der Waals surface area contributed by atoms with Gasteiger partial charge in [0.15, 0.2) is 0 Å². The number of thiophene rings is 1. The maximum atomic E-state index is 10.4. The number of halogens is 1. The molecule has 0 saturated carbocycles. The van der Waals surface area contributed by atoms with Gasteiger partial charge in [-0.05, 0) is 47.5 Å². The normalized spacial score (nSPS) is 13.6. The second-order valence-corrected chi connectivity index (χ2v) is 5.66. The summed E-state index contributed by atoms with van der Waals surface area (Å²) in [7, 11) is 0. The van der Waals surface area contributed by atoms with E-state index < -0.39 is 5.60 Å². The molecular formula is C14H13ClN2OS. The number of benzene rings is 1. The molecule has 0 fully saturated rings. The largest absolute Gasteiger partial charge is 0.384 e. The highest BCUT2D eigenvalue weighted by molar-refractivity contribution is 7.08. The van der Waals surface area contributed by atoms with Crippen LogP contribution in [0.1, 0.15) is 18.1 Å². The number of rotatable bonds is 4. The molecule has 1 unspecified atom stereocenters. The van der Waals surface area contributed by atoms with Gasteiger partial charge in [0, 0.05) is 11.6 Å². The second-order valence-electron chi connectivity index (χ2n) is 4.44. The summed E-state index contributed by atoms with van der Waals surface area (Å²) in [5.74, 6) is 0. The van der Waals surface area contributed by atoms with Crippen molar-refractivity contribution in [3.63, 3.8) is 0 Å². The molecule has 1 aromatic heterocycles. The summed E-state index contributed by atoms with van der Waals surface area (Å²) in [5, 5.41) is 26.9. The van der Waals surface area contributed by atoms with E-state index in [0.29, 0.717) is 22.8 Å². The summed E-state index contributed by atoms with van der Waals surface area (Å²) in [5.41, 5.74) is 0.997. The highest BCUT2D eigenvalue weighted by Crippen LogP contribution is 2.25. The fourth-order valence-electron chi connectivity index (χ4n) is 1.70. The van der Waals surface area contributed by atoms with Gasteiger partial charge < -0.3 is 10.4 Å². The molecule has 1 atom stereocenters. The molecule has 0 amide bonds. The molecule has 98 valence electrons. The second kappa shape index (κ2) is 5.62. The van der Waals surface area contributed by atoms with Crippen LogP contribution in [0, 0.1) is 11.3 Å². The van der Waals surface area contributed by atoms with Gasteiger partial charge in [-0.2, -0.15) is 16.6 Å². The van der Waals surface area contributed by atoms with Crippen LogP contribution in [0.2, 0.25) is 5.02 Å². The van der Waals surface area contributed by atoms with Gasteiger partial charge in [0.2, 0.25) is 0 Å². The summed E-state index contributed by atoms with van der Waals surface area (Å²) in [4.78, 5) is 0. The van der Waals surface area contributed by atoms with Crippen molar-refractivity contribution < 1.29 is 5.11 Å². The standard InChI is InChI=1S/C14H13ClN2OS/c1-14(18,11-4-5-19-8-11)9-17-13-6-12(15)3-2-10(13)7-16/h2-6,8,17-18H,9H2,1H3. The Morgan fingerprint density at radius 1 is 1.47 bits per heavy atom. The fraction of sp³-hybridized carbons (Fsp3) is 0.214. The van der Waals surface area contributed by atoms with Gasteiger partial charge in [-0.1, -0.05) is 11.6 Å². The molecule has 0 aliphatic heterocycles. The third kappa shape index (κ3) is 3.27. The third-order valence-corrected chi connectivity index (χ3v) is 3.79. The number of hydrogen-bond acceptors (Lipinski definition) is 4. The Hall–Kier alpha value is -1.54. The Labute approximate surface area is 121 Å². The van der Waals surface area contributed by atoms with Gasteiger partial charge in [-0.3, -0.25) is 0 Å². The first kappa shape index (κ1) is 13.9. The molecule has 1 aromatic carbocycles. The van der Waals surface area contributed by atoms with Crippen LogP contribution in [0.5, 0.6) is 0 Å². The number of nitrogens with one attached hydrogen (secondary N) is 1. The van der Waals surface area contributed by atoms with Crippen molar-refractivity contribution in [3.05, 3.63) is 51.2 Å². The van der Waals surface area contributed by atoms with Crippen LogP contribution >= 0.6 is 22.9 Å². The molecular weight excluding hydrogens is 280 g/mol. The van der Waals surface area contributed by atoms with Gasteiger partial charge in [-0.25, -0.2) is 0 Å². The molecule has 0 spiro atoms. The molecule has 2 N–H and O–H groups in total. The number of nitriles is 1. The average molecular weight is 293 g/mol. The van der Waals surface area contributed by atoms with Crippen molar-refractivity contribution in [1.82, 2.24) is 0 Å². The minimum atomic E-state index is -0.991. The van der Waals surface area contributed by atoms with Gasteiger partial charge in [0.05, 0.1) is 11.3 Å². The van der Waals surface area contributed by atoms with Gasteiger partial charge >= 0.3 is 0 Å². The highest BCUT2D eigenvalue weighted by Gasteiger charge is 2.23. The first-order chi connectivity index (χ1) is 9.03. The summed E-state index contributed by atoms with van der Waals surface area (Å²) >= 11 is 7.45. The first-order valence-corrected chi connectivity index (χ1v) is 7.03. The molecule has 2 rings (SSSR count). The smallest absolute Gasteiger partial charge is 0.105 e. The molecule has 0 bridgehead atoms. The van der Waals surface area contributed by atoms with Crippen LogP contribution in [0.4, 0.5) is 5.69 Å². The van der Waals surface area contributed by atoms with E-state index in [-0.39, 0.29) is 0 Å². The molecule has 3 nitrogen and oxygen atoms in total. The Bertz CT molecular complexity index is 602. The lowest BCUT2D eigenvalue weighted by Gasteiger charge is -2.23. The van der Waals surface area contributed by atoms with Crippen molar-refractivity contribution in [3.8, 4) is 6.07 Å². The van der Waals surface area contributed by atoms with E-state index in [0.717, 1.165) is 5.56 Å². The van der Waals surface area contributed by atoms with E-state index in [4.69, 9.17) is 16.9 Å². The first-order valence-electron chi connectivity index (χ1n) is 5.71. The number of nitrogens with zero attached hydrogens (tertiary/aromatic N) is 1. The lowest BCUT2D eigenvalue weighted by molar-refractivity contribution is 0.0720. The minimum absolute atomic E-state index is 0.304. The zero-order valence-electron chi connectivity index (χ0n) is 10.4. The SMILES string of the molecule is CC(O)(CNc1cc(Cl)ccc1C#N)c1ccsc1. The molecule has 1 heterocycles. The Balaban J connectivity index is 2.15. The predicted octanol–water partition coefficient (Wildman–Crippen LogP) is 3.59. The third-order valence-electron chi connectivity index (χ3n) is 2.87. The molecule has 19 heavy (non-hydrogen) atoms. The van der Waals surface area contributed by atoms with Crippen molar-refractivity contribution in [2.45, 2.75) is 12.5 Å². The van der Waals surface area contributed by atoms with Gasteiger partial charge in [0.25, 0.3) is 0 Å². The number of aliphatic hydroxyl groups is 1. The summed E-state index contributed by atoms with van der Waals surface area (Å²) in [6.45, 7) is 2.04. The zero-order valence-corrected chi connectivity index (χ0v) is 11.9. The Morgan fingerprint density at radius 3 is 2.89 bits per heavy atom. The molecule has 5 heteroatoms. The summed E-state index contributed by atoms with van der Waals surface area (Å²) in [6, 6.07) is 8.99. The van der Waals surface area contributed by atoms with Crippen LogP contribution in [0.25, 0.3) is 0 Å². The van der Waals surface area contributed by atoms with Crippen LogP contribution in [0.3, 0.4) is 0 Å². The van der Waals surface area contributed by atoms with Crippen molar-refractivity contribution in [2.24, 2.45) is 0 Å². The van der Waals surface area contributed by atoms with E-state index in [1.165, 1.54) is 11.3 Å². The monoisotopic (exact) mass is 292 g/mol. The molecule has 2 aromatic rings. The minimum Gasteiger partial charge on any atom is -0.384 e. The van der Waals surface area contributed by atoms with Crippen molar-refractivity contribution in [2.75, 3.05) is 11.9 Å². The van der Waals surface area contributed by atoms with E-state index in [9.17, 15) is 5.11 Å². The van der Waals surface area contributed by atoms with E-state index in [1.807, 2.05) is 16.8 Å². The molecule has 0 saturated heterocycles. The topological polar surface area (TPSA) is 56.0 Å². The van der Waals surface area contributed by atoms with Crippen LogP contribution in [-0.2, 0) is 5.60 Å². The quantitative estimate of drug-likeness (QED) is 0.905. The van der Waals surface area contributed by atoms with Crippen molar-refractivity contribution in [1.29, 1.82) is 5.26 Å². The number of hydrogen-bond donors (Lipinski definition) is 2. The Kier molecular flexibility index (Phi) is 4.11. The van der Waals surface area contributed by atoms with Crippen molar-refractivity contribution >= 4 is 28.6 Å². The fourth-order valence-corrected chi connectivity index (χ4v) is 2.66. The predicted molar refractivity (Wildman–Crippen MR) is 78.5 cm³/mol. The van der Waals surface area contributed by atoms with E-state index in [2.05, 4.69) is 11.4 Å².